The Labute approximate surface area is 131 Å². The number of nitrogens with one attached hydrogen (secondary N) is 1. The van der Waals surface area contributed by atoms with Crippen molar-refractivity contribution in [3.63, 3.8) is 0 Å². The average molecular weight is 300 g/mol. The van der Waals surface area contributed by atoms with E-state index in [1.165, 1.54) is 24.0 Å². The molecule has 1 unspecified atom stereocenters. The lowest BCUT2D eigenvalue weighted by molar-refractivity contribution is 0.182. The first kappa shape index (κ1) is 15.2. The van der Waals surface area contributed by atoms with Gasteiger partial charge in [0.15, 0.2) is 5.82 Å². The highest BCUT2D eigenvalue weighted by Crippen LogP contribution is 2.15. The standard InChI is InChI=1S/C17H24N4O/c1-13-6-3-4-7-14(13)10-17-19-16(20-22-17)12-21-9-5-8-15(11-21)18-2/h3-4,6-7,15,18H,5,8-12H2,1-2H3. The van der Waals surface area contributed by atoms with Gasteiger partial charge in [-0.25, -0.2) is 0 Å². The number of rotatable bonds is 5. The summed E-state index contributed by atoms with van der Waals surface area (Å²) in [4.78, 5) is 6.95. The van der Waals surface area contributed by atoms with E-state index in [4.69, 9.17) is 4.52 Å². The van der Waals surface area contributed by atoms with Gasteiger partial charge in [0.2, 0.25) is 5.89 Å². The molecule has 0 radical (unpaired) electrons. The minimum absolute atomic E-state index is 0.576. The molecule has 1 N–H and O–H groups in total. The molecular formula is C17H24N4O. The molecule has 5 heteroatoms. The van der Waals surface area contributed by atoms with Crippen molar-refractivity contribution in [1.29, 1.82) is 0 Å². The lowest BCUT2D eigenvalue weighted by atomic mass is 10.1. The number of nitrogens with zero attached hydrogens (tertiary/aromatic N) is 3. The first-order valence-corrected chi connectivity index (χ1v) is 8.00. The highest BCUT2D eigenvalue weighted by atomic mass is 16.5. The first-order chi connectivity index (χ1) is 10.7. The van der Waals surface area contributed by atoms with E-state index < -0.39 is 0 Å². The molecule has 0 bridgehead atoms. The lowest BCUT2D eigenvalue weighted by Gasteiger charge is -2.31. The zero-order valence-electron chi connectivity index (χ0n) is 13.4. The molecule has 118 valence electrons. The second-order valence-electron chi connectivity index (χ2n) is 6.07. The van der Waals surface area contributed by atoms with Crippen LogP contribution >= 0.6 is 0 Å². The molecule has 1 saturated heterocycles. The zero-order chi connectivity index (χ0) is 15.4. The molecule has 1 aromatic heterocycles. The van der Waals surface area contributed by atoms with Crippen molar-refractivity contribution in [1.82, 2.24) is 20.4 Å². The SMILES string of the molecule is CNC1CCCN(Cc2noc(Cc3ccccc3C)n2)C1. The van der Waals surface area contributed by atoms with Gasteiger partial charge in [-0.2, -0.15) is 4.98 Å². The molecule has 1 atom stereocenters. The molecule has 5 nitrogen and oxygen atoms in total. The second kappa shape index (κ2) is 7.03. The third-order valence-corrected chi connectivity index (χ3v) is 4.39. The minimum Gasteiger partial charge on any atom is -0.339 e. The fourth-order valence-electron chi connectivity index (χ4n) is 3.03. The normalized spacial score (nSPS) is 19.5. The van der Waals surface area contributed by atoms with E-state index >= 15 is 0 Å². The van der Waals surface area contributed by atoms with Crippen molar-refractivity contribution in [3.8, 4) is 0 Å². The summed E-state index contributed by atoms with van der Waals surface area (Å²) in [7, 11) is 2.03. The van der Waals surface area contributed by atoms with Crippen molar-refractivity contribution >= 4 is 0 Å². The minimum atomic E-state index is 0.576. The maximum Gasteiger partial charge on any atom is 0.231 e. The summed E-state index contributed by atoms with van der Waals surface area (Å²) in [5.74, 6) is 1.49. The quantitative estimate of drug-likeness (QED) is 0.917. The van der Waals surface area contributed by atoms with Gasteiger partial charge >= 0.3 is 0 Å². The fourth-order valence-corrected chi connectivity index (χ4v) is 3.03. The second-order valence-corrected chi connectivity index (χ2v) is 6.07. The monoisotopic (exact) mass is 300 g/mol. The van der Waals surface area contributed by atoms with Crippen molar-refractivity contribution in [3.05, 3.63) is 47.1 Å². The zero-order valence-corrected chi connectivity index (χ0v) is 13.4. The average Bonchev–Trinajstić information content (AvgIpc) is 2.97. The highest BCUT2D eigenvalue weighted by molar-refractivity contribution is 5.27. The fraction of sp³-hybridized carbons (Fsp3) is 0.529. The molecule has 1 fully saturated rings. The van der Waals surface area contributed by atoms with Gasteiger partial charge in [0.25, 0.3) is 0 Å². The van der Waals surface area contributed by atoms with E-state index in [0.717, 1.165) is 25.5 Å². The van der Waals surface area contributed by atoms with Crippen LogP contribution in [-0.4, -0.2) is 41.2 Å². The van der Waals surface area contributed by atoms with Crippen LogP contribution in [0, 0.1) is 6.92 Å². The molecule has 0 aliphatic carbocycles. The largest absolute Gasteiger partial charge is 0.339 e. The predicted octanol–water partition coefficient (Wildman–Crippen LogP) is 2.15. The molecule has 1 aliphatic rings. The molecule has 3 rings (SSSR count). The van der Waals surface area contributed by atoms with Gasteiger partial charge in [0.05, 0.1) is 13.0 Å². The number of likely N-dealkylation sites (N-methyl/N-ethyl adjacent to an activating group) is 1. The van der Waals surface area contributed by atoms with Crippen molar-refractivity contribution < 1.29 is 4.52 Å². The maximum absolute atomic E-state index is 5.41. The molecular weight excluding hydrogens is 276 g/mol. The third kappa shape index (κ3) is 3.72. The van der Waals surface area contributed by atoms with Crippen LogP contribution in [0.15, 0.2) is 28.8 Å². The summed E-state index contributed by atoms with van der Waals surface area (Å²) in [6, 6.07) is 8.89. The highest BCUT2D eigenvalue weighted by Gasteiger charge is 2.20. The summed E-state index contributed by atoms with van der Waals surface area (Å²) < 4.78 is 5.41. The number of benzene rings is 1. The Morgan fingerprint density at radius 3 is 3.05 bits per heavy atom. The number of hydrogen-bond donors (Lipinski definition) is 1. The summed E-state index contributed by atoms with van der Waals surface area (Å²) in [6.07, 6.45) is 3.18. The van der Waals surface area contributed by atoms with Gasteiger partial charge in [-0.1, -0.05) is 29.4 Å². The van der Waals surface area contributed by atoms with Gasteiger partial charge in [0, 0.05) is 12.6 Å². The van der Waals surface area contributed by atoms with Crippen LogP contribution in [0.3, 0.4) is 0 Å². The van der Waals surface area contributed by atoms with E-state index in [2.05, 4.69) is 39.4 Å². The van der Waals surface area contributed by atoms with Gasteiger partial charge in [-0.05, 0) is 44.5 Å². The topological polar surface area (TPSA) is 54.2 Å². The first-order valence-electron chi connectivity index (χ1n) is 8.00. The van der Waals surface area contributed by atoms with E-state index in [1.54, 1.807) is 0 Å². The molecule has 1 aromatic carbocycles. The van der Waals surface area contributed by atoms with Gasteiger partial charge in [0.1, 0.15) is 0 Å². The molecule has 1 aliphatic heterocycles. The molecule has 0 amide bonds. The molecule has 0 spiro atoms. The van der Waals surface area contributed by atoms with Crippen LogP contribution in [0.25, 0.3) is 0 Å². The maximum atomic E-state index is 5.41. The van der Waals surface area contributed by atoms with Gasteiger partial charge in [-0.3, -0.25) is 4.90 Å². The van der Waals surface area contributed by atoms with E-state index in [0.29, 0.717) is 18.4 Å². The lowest BCUT2D eigenvalue weighted by Crippen LogP contribution is -2.44. The molecule has 22 heavy (non-hydrogen) atoms. The summed E-state index contributed by atoms with van der Waals surface area (Å²) in [5, 5.41) is 7.50. The molecule has 2 aromatic rings. The predicted molar refractivity (Wildman–Crippen MR) is 85.6 cm³/mol. The number of aryl methyl sites for hydroxylation is 1. The Hall–Kier alpha value is -1.72. The Kier molecular flexibility index (Phi) is 4.85. The number of piperidine rings is 1. The molecule has 0 saturated carbocycles. The Morgan fingerprint density at radius 1 is 1.36 bits per heavy atom. The van der Waals surface area contributed by atoms with E-state index in [1.807, 2.05) is 19.2 Å². The van der Waals surface area contributed by atoms with Gasteiger partial charge in [-0.15, -0.1) is 0 Å². The van der Waals surface area contributed by atoms with E-state index in [9.17, 15) is 0 Å². The smallest absolute Gasteiger partial charge is 0.231 e. The van der Waals surface area contributed by atoms with Crippen molar-refractivity contribution in [2.75, 3.05) is 20.1 Å². The van der Waals surface area contributed by atoms with Crippen LogP contribution in [0.2, 0.25) is 0 Å². The van der Waals surface area contributed by atoms with Crippen LogP contribution in [-0.2, 0) is 13.0 Å². The number of aromatic nitrogens is 2. The van der Waals surface area contributed by atoms with Crippen LogP contribution in [0.1, 0.15) is 35.7 Å². The number of likely N-dealkylation sites (tertiary alicyclic amines) is 1. The Balaban J connectivity index is 1.60. The van der Waals surface area contributed by atoms with Crippen molar-refractivity contribution in [2.45, 2.75) is 38.8 Å². The summed E-state index contributed by atoms with van der Waals surface area (Å²) >= 11 is 0. The van der Waals surface area contributed by atoms with Crippen LogP contribution in [0.5, 0.6) is 0 Å². The molecule has 2 heterocycles. The Morgan fingerprint density at radius 2 is 2.23 bits per heavy atom. The van der Waals surface area contributed by atoms with Crippen molar-refractivity contribution in [2.24, 2.45) is 0 Å². The summed E-state index contributed by atoms with van der Waals surface area (Å²) in [5.41, 5.74) is 2.50. The van der Waals surface area contributed by atoms with Gasteiger partial charge < -0.3 is 9.84 Å². The van der Waals surface area contributed by atoms with Crippen LogP contribution < -0.4 is 5.32 Å². The third-order valence-electron chi connectivity index (χ3n) is 4.39. The Bertz CT molecular complexity index is 610. The van der Waals surface area contributed by atoms with Crippen LogP contribution in [0.4, 0.5) is 0 Å². The van der Waals surface area contributed by atoms with E-state index in [-0.39, 0.29) is 0 Å². The summed E-state index contributed by atoms with van der Waals surface area (Å²) in [6.45, 7) is 5.05. The number of hydrogen-bond acceptors (Lipinski definition) is 5.